The van der Waals surface area contributed by atoms with E-state index in [9.17, 15) is 4.79 Å². The number of Topliss-reactive ketones (excluding diaryl/α,β-unsaturated/α-hetero) is 1. The molecule has 3 N–H and O–H groups in total. The van der Waals surface area contributed by atoms with E-state index in [0.717, 1.165) is 24.2 Å². The average Bonchev–Trinajstić information content (AvgIpc) is 2.55. The van der Waals surface area contributed by atoms with Gasteiger partial charge in [0, 0.05) is 30.8 Å². The van der Waals surface area contributed by atoms with E-state index in [-0.39, 0.29) is 5.78 Å². The van der Waals surface area contributed by atoms with Gasteiger partial charge in [0.1, 0.15) is 0 Å². The van der Waals surface area contributed by atoms with Gasteiger partial charge < -0.3 is 11.1 Å². The largest absolute Gasteiger partial charge is 0.329 e. The van der Waals surface area contributed by atoms with E-state index in [1.165, 1.54) is 0 Å². The fourth-order valence-corrected chi connectivity index (χ4v) is 1.76. The minimum absolute atomic E-state index is 0.0575. The van der Waals surface area contributed by atoms with E-state index in [1.54, 1.807) is 0 Å². The Balaban J connectivity index is 0.00000191. The second-order valence-corrected chi connectivity index (χ2v) is 4.24. The number of benzene rings is 1. The van der Waals surface area contributed by atoms with Crippen molar-refractivity contribution in [1.82, 2.24) is 5.32 Å². The van der Waals surface area contributed by atoms with E-state index in [4.69, 9.17) is 5.73 Å². The minimum atomic E-state index is 0.0575. The Hall–Kier alpha value is -1.71. The van der Waals surface area contributed by atoms with Crippen LogP contribution in [-0.4, -0.2) is 18.9 Å². The predicted molar refractivity (Wildman–Crippen MR) is 91.5 cm³/mol. The van der Waals surface area contributed by atoms with Gasteiger partial charge in [-0.1, -0.05) is 56.3 Å². The summed E-state index contributed by atoms with van der Waals surface area (Å²) in [5.74, 6) is 0.0575. The number of carbonyl (C=O) groups is 1. The molecular weight excluding hydrogens is 260 g/mol. The van der Waals surface area contributed by atoms with Gasteiger partial charge in [-0.3, -0.25) is 4.79 Å². The standard InChI is InChI=1S/C16H22N2O.C2H6/c1-3-5-14(4-2)16(19)15-8-6-13(7-9-15)12-18-11-10-17;1-2/h3-9,18H,10-12,17H2,1-2H3;1-2H3/b5-3-,14-4+;. The van der Waals surface area contributed by atoms with Crippen LogP contribution in [0.5, 0.6) is 0 Å². The number of nitrogens with two attached hydrogens (primary N) is 1. The second kappa shape index (κ2) is 12.1. The number of ketones is 1. The van der Waals surface area contributed by atoms with Crippen LogP contribution in [0.15, 0.2) is 48.1 Å². The number of carbonyl (C=O) groups excluding carboxylic acids is 1. The number of nitrogens with one attached hydrogen (secondary N) is 1. The fourth-order valence-electron chi connectivity index (χ4n) is 1.76. The van der Waals surface area contributed by atoms with Crippen LogP contribution < -0.4 is 11.1 Å². The SMILES string of the molecule is C/C=C\C(=C/C)C(=O)c1ccc(CNCCN)cc1.CC. The van der Waals surface area contributed by atoms with Gasteiger partial charge in [-0.05, 0) is 19.4 Å². The van der Waals surface area contributed by atoms with Crippen LogP contribution in [0.25, 0.3) is 0 Å². The maximum Gasteiger partial charge on any atom is 0.192 e. The monoisotopic (exact) mass is 288 g/mol. The first-order chi connectivity index (χ1) is 10.2. The number of allylic oxidation sites excluding steroid dienone is 4. The van der Waals surface area contributed by atoms with Crippen LogP contribution in [0.4, 0.5) is 0 Å². The molecule has 0 aliphatic heterocycles. The van der Waals surface area contributed by atoms with Crippen molar-refractivity contribution in [3.05, 3.63) is 59.2 Å². The third kappa shape index (κ3) is 7.02. The summed E-state index contributed by atoms with van der Waals surface area (Å²) in [4.78, 5) is 12.2. The molecule has 0 saturated heterocycles. The molecule has 3 nitrogen and oxygen atoms in total. The van der Waals surface area contributed by atoms with Crippen LogP contribution in [0, 0.1) is 0 Å². The Bertz CT molecular complexity index is 459. The molecular formula is C18H28N2O. The quantitative estimate of drug-likeness (QED) is 0.349. The summed E-state index contributed by atoms with van der Waals surface area (Å²) >= 11 is 0. The van der Waals surface area contributed by atoms with Crippen molar-refractivity contribution in [1.29, 1.82) is 0 Å². The summed E-state index contributed by atoms with van der Waals surface area (Å²) in [5.41, 5.74) is 8.00. The van der Waals surface area contributed by atoms with Crippen LogP contribution in [0.1, 0.15) is 43.6 Å². The average molecular weight is 288 g/mol. The highest BCUT2D eigenvalue weighted by Gasteiger charge is 2.08. The molecule has 0 spiro atoms. The molecule has 0 amide bonds. The van der Waals surface area contributed by atoms with E-state index in [0.29, 0.717) is 12.1 Å². The molecule has 0 heterocycles. The van der Waals surface area contributed by atoms with E-state index < -0.39 is 0 Å². The number of hydrogen-bond donors (Lipinski definition) is 2. The van der Waals surface area contributed by atoms with Crippen molar-refractivity contribution < 1.29 is 4.79 Å². The summed E-state index contributed by atoms with van der Waals surface area (Å²) in [6.07, 6.45) is 5.54. The zero-order chi connectivity index (χ0) is 16.1. The van der Waals surface area contributed by atoms with E-state index >= 15 is 0 Å². The lowest BCUT2D eigenvalue weighted by atomic mass is 10.0. The molecule has 0 bridgehead atoms. The van der Waals surface area contributed by atoms with Crippen LogP contribution in [-0.2, 0) is 6.54 Å². The van der Waals surface area contributed by atoms with Crippen LogP contribution in [0.3, 0.4) is 0 Å². The molecule has 0 fully saturated rings. The summed E-state index contributed by atoms with van der Waals surface area (Å²) in [6.45, 7) is 9.98. The van der Waals surface area contributed by atoms with Crippen molar-refractivity contribution in [3.63, 3.8) is 0 Å². The zero-order valence-electron chi connectivity index (χ0n) is 13.6. The Morgan fingerprint density at radius 3 is 2.29 bits per heavy atom. The van der Waals surface area contributed by atoms with Gasteiger partial charge in [-0.15, -0.1) is 0 Å². The minimum Gasteiger partial charge on any atom is -0.329 e. The zero-order valence-corrected chi connectivity index (χ0v) is 13.6. The maximum atomic E-state index is 12.2. The van der Waals surface area contributed by atoms with Gasteiger partial charge >= 0.3 is 0 Å². The molecule has 0 atom stereocenters. The van der Waals surface area contributed by atoms with Crippen molar-refractivity contribution in [3.8, 4) is 0 Å². The Labute approximate surface area is 128 Å². The van der Waals surface area contributed by atoms with Crippen molar-refractivity contribution in [2.24, 2.45) is 5.73 Å². The lowest BCUT2D eigenvalue weighted by Crippen LogP contribution is -2.21. The molecule has 1 rings (SSSR count). The van der Waals surface area contributed by atoms with Gasteiger partial charge in [0.15, 0.2) is 5.78 Å². The third-order valence-electron chi connectivity index (χ3n) is 2.79. The first-order valence-electron chi connectivity index (χ1n) is 7.56. The fraction of sp³-hybridized carbons (Fsp3) is 0.389. The van der Waals surface area contributed by atoms with Gasteiger partial charge in [0.25, 0.3) is 0 Å². The Morgan fingerprint density at radius 2 is 1.81 bits per heavy atom. The van der Waals surface area contributed by atoms with Crippen LogP contribution >= 0.6 is 0 Å². The highest BCUT2D eigenvalue weighted by molar-refractivity contribution is 6.10. The molecule has 21 heavy (non-hydrogen) atoms. The molecule has 0 radical (unpaired) electrons. The smallest absolute Gasteiger partial charge is 0.192 e. The normalized spacial score (nSPS) is 11.2. The molecule has 0 aliphatic rings. The highest BCUT2D eigenvalue weighted by Crippen LogP contribution is 2.11. The number of hydrogen-bond acceptors (Lipinski definition) is 3. The summed E-state index contributed by atoms with van der Waals surface area (Å²) < 4.78 is 0. The Morgan fingerprint density at radius 1 is 1.19 bits per heavy atom. The first-order valence-corrected chi connectivity index (χ1v) is 7.56. The number of rotatable bonds is 7. The second-order valence-electron chi connectivity index (χ2n) is 4.24. The lowest BCUT2D eigenvalue weighted by Gasteiger charge is -2.05. The van der Waals surface area contributed by atoms with Crippen LogP contribution in [0.2, 0.25) is 0 Å². The van der Waals surface area contributed by atoms with Crippen molar-refractivity contribution >= 4 is 5.78 Å². The molecule has 0 saturated carbocycles. The van der Waals surface area contributed by atoms with Gasteiger partial charge in [0.05, 0.1) is 0 Å². The first kappa shape index (κ1) is 19.3. The lowest BCUT2D eigenvalue weighted by molar-refractivity contribution is 0.103. The molecule has 0 unspecified atom stereocenters. The summed E-state index contributed by atoms with van der Waals surface area (Å²) in [6, 6.07) is 7.68. The topological polar surface area (TPSA) is 55.1 Å². The van der Waals surface area contributed by atoms with E-state index in [2.05, 4.69) is 5.32 Å². The van der Waals surface area contributed by atoms with Crippen molar-refractivity contribution in [2.75, 3.05) is 13.1 Å². The molecule has 1 aromatic carbocycles. The summed E-state index contributed by atoms with van der Waals surface area (Å²) in [7, 11) is 0. The molecule has 0 aliphatic carbocycles. The van der Waals surface area contributed by atoms with Gasteiger partial charge in [-0.25, -0.2) is 0 Å². The van der Waals surface area contributed by atoms with Crippen molar-refractivity contribution in [2.45, 2.75) is 34.2 Å². The third-order valence-corrected chi connectivity index (χ3v) is 2.79. The molecule has 1 aromatic rings. The predicted octanol–water partition coefficient (Wildman–Crippen LogP) is 3.47. The molecule has 0 aromatic heterocycles. The molecule has 116 valence electrons. The summed E-state index contributed by atoms with van der Waals surface area (Å²) in [5, 5.41) is 3.22. The maximum absolute atomic E-state index is 12.2. The van der Waals surface area contributed by atoms with E-state index in [1.807, 2.05) is 70.2 Å². The molecule has 3 heteroatoms. The Kier molecular flexibility index (Phi) is 11.1. The van der Waals surface area contributed by atoms with Gasteiger partial charge in [-0.2, -0.15) is 0 Å². The highest BCUT2D eigenvalue weighted by atomic mass is 16.1. The van der Waals surface area contributed by atoms with Gasteiger partial charge in [0.2, 0.25) is 0 Å².